The van der Waals surface area contributed by atoms with Gasteiger partial charge in [0.15, 0.2) is 0 Å². The maximum atomic E-state index is 11.4. The summed E-state index contributed by atoms with van der Waals surface area (Å²) in [6.07, 6.45) is 8.62. The zero-order chi connectivity index (χ0) is 15.6. The summed E-state index contributed by atoms with van der Waals surface area (Å²) in [4.78, 5) is 11.4. The molecule has 0 aromatic carbocycles. The Hall–Kier alpha value is -0.830. The van der Waals surface area contributed by atoms with Gasteiger partial charge in [-0.3, -0.25) is 4.79 Å². The molecule has 0 spiro atoms. The van der Waals surface area contributed by atoms with Crippen molar-refractivity contribution >= 4 is 5.97 Å². The molecule has 2 fully saturated rings. The first-order chi connectivity index (χ1) is 9.85. The van der Waals surface area contributed by atoms with Gasteiger partial charge in [0, 0.05) is 5.92 Å². The fourth-order valence-electron chi connectivity index (χ4n) is 3.79. The third-order valence-electron chi connectivity index (χ3n) is 5.41. The third-order valence-corrected chi connectivity index (χ3v) is 5.41. The van der Waals surface area contributed by atoms with Gasteiger partial charge in [0.2, 0.25) is 0 Å². The van der Waals surface area contributed by atoms with Gasteiger partial charge < -0.3 is 9.84 Å². The first kappa shape index (κ1) is 16.5. The quantitative estimate of drug-likeness (QED) is 0.600. The number of aliphatic hydroxyl groups is 1. The summed E-state index contributed by atoms with van der Waals surface area (Å²) in [5.74, 6) is 1.14. The van der Waals surface area contributed by atoms with Crippen LogP contribution in [-0.4, -0.2) is 23.3 Å². The fraction of sp³-hybridized carbons (Fsp3) is 0.833. The van der Waals surface area contributed by atoms with Crippen molar-refractivity contribution in [3.63, 3.8) is 0 Å². The van der Waals surface area contributed by atoms with E-state index in [0.717, 1.165) is 25.7 Å². The minimum absolute atomic E-state index is 0.0564. The zero-order valence-corrected chi connectivity index (χ0v) is 13.8. The highest BCUT2D eigenvalue weighted by atomic mass is 16.6. The number of hydrogen-bond donors (Lipinski definition) is 1. The standard InChI is InChI=1S/C18H30O3/c1-5-6-9-18(3,4)16(19)8-7-13-12(2)10-15-14(13)11-17(20)21-15/h7-8,12-16,19H,5-6,9-11H2,1-4H3/b8-7+/t12-,13+,14-,15+,16?/m1/s1. The Morgan fingerprint density at radius 3 is 2.86 bits per heavy atom. The van der Waals surface area contributed by atoms with E-state index in [1.54, 1.807) is 0 Å². The first-order valence-corrected chi connectivity index (χ1v) is 8.41. The second kappa shape index (κ2) is 6.51. The highest BCUT2D eigenvalue weighted by molar-refractivity contribution is 5.72. The van der Waals surface area contributed by atoms with Crippen LogP contribution in [0, 0.1) is 23.2 Å². The third kappa shape index (κ3) is 3.68. The normalized spacial score (nSPS) is 34.2. The molecule has 0 aromatic heterocycles. The van der Waals surface area contributed by atoms with Crippen LogP contribution in [0.2, 0.25) is 0 Å². The van der Waals surface area contributed by atoms with E-state index in [9.17, 15) is 9.90 Å². The van der Waals surface area contributed by atoms with Crippen molar-refractivity contribution in [3.8, 4) is 0 Å². The van der Waals surface area contributed by atoms with Crippen LogP contribution in [0.4, 0.5) is 0 Å². The van der Waals surface area contributed by atoms with Crippen LogP contribution in [0.25, 0.3) is 0 Å². The van der Waals surface area contributed by atoms with Crippen LogP contribution >= 0.6 is 0 Å². The summed E-state index contributed by atoms with van der Waals surface area (Å²) in [5.41, 5.74) is -0.0876. The number of esters is 1. The Morgan fingerprint density at radius 2 is 2.19 bits per heavy atom. The second-order valence-corrected chi connectivity index (χ2v) is 7.61. The van der Waals surface area contributed by atoms with Gasteiger partial charge in [-0.2, -0.15) is 0 Å². The van der Waals surface area contributed by atoms with Gasteiger partial charge in [-0.1, -0.05) is 52.7 Å². The van der Waals surface area contributed by atoms with Crippen LogP contribution in [0.1, 0.15) is 59.8 Å². The topological polar surface area (TPSA) is 46.5 Å². The number of fused-ring (bicyclic) bond motifs is 1. The first-order valence-electron chi connectivity index (χ1n) is 8.41. The molecule has 1 aliphatic carbocycles. The molecule has 21 heavy (non-hydrogen) atoms. The number of aliphatic hydroxyl groups excluding tert-OH is 1. The maximum Gasteiger partial charge on any atom is 0.306 e. The van der Waals surface area contributed by atoms with Crippen molar-refractivity contribution in [2.75, 3.05) is 0 Å². The molecule has 0 aromatic rings. The molecule has 5 atom stereocenters. The number of ether oxygens (including phenoxy) is 1. The summed E-state index contributed by atoms with van der Waals surface area (Å²) in [6.45, 7) is 8.65. The molecule has 2 rings (SSSR count). The number of carbonyl (C=O) groups excluding carboxylic acids is 1. The van der Waals surface area contributed by atoms with Crippen LogP contribution < -0.4 is 0 Å². The Labute approximate surface area is 128 Å². The average Bonchev–Trinajstić information content (AvgIpc) is 2.89. The van der Waals surface area contributed by atoms with E-state index >= 15 is 0 Å². The summed E-state index contributed by atoms with van der Waals surface area (Å²) >= 11 is 0. The van der Waals surface area contributed by atoms with E-state index in [-0.39, 0.29) is 17.5 Å². The summed E-state index contributed by atoms with van der Waals surface area (Å²) in [6, 6.07) is 0. The van der Waals surface area contributed by atoms with E-state index in [0.29, 0.717) is 24.2 Å². The number of rotatable bonds is 6. The van der Waals surface area contributed by atoms with Crippen LogP contribution in [-0.2, 0) is 9.53 Å². The molecule has 1 N–H and O–H groups in total. The van der Waals surface area contributed by atoms with E-state index in [2.05, 4.69) is 33.8 Å². The van der Waals surface area contributed by atoms with Crippen molar-refractivity contribution < 1.29 is 14.6 Å². The number of unbranched alkanes of at least 4 members (excludes halogenated alkanes) is 1. The minimum atomic E-state index is -0.423. The molecule has 1 saturated carbocycles. The monoisotopic (exact) mass is 294 g/mol. The Bertz CT molecular complexity index is 399. The molecule has 2 aliphatic rings. The average molecular weight is 294 g/mol. The number of carbonyl (C=O) groups is 1. The molecule has 3 nitrogen and oxygen atoms in total. The van der Waals surface area contributed by atoms with Gasteiger partial charge in [0.05, 0.1) is 12.5 Å². The van der Waals surface area contributed by atoms with Crippen molar-refractivity contribution in [2.45, 2.75) is 72.0 Å². The molecule has 1 saturated heterocycles. The Balaban J connectivity index is 1.98. The van der Waals surface area contributed by atoms with Gasteiger partial charge >= 0.3 is 5.97 Å². The summed E-state index contributed by atoms with van der Waals surface area (Å²) < 4.78 is 5.38. The molecule has 3 heteroatoms. The predicted octanol–water partition coefficient (Wildman–Crippen LogP) is 3.71. The van der Waals surface area contributed by atoms with Gasteiger partial charge in [-0.25, -0.2) is 0 Å². The van der Waals surface area contributed by atoms with Crippen molar-refractivity contribution in [2.24, 2.45) is 23.2 Å². The molecule has 0 amide bonds. The molecular weight excluding hydrogens is 264 g/mol. The number of allylic oxidation sites excluding steroid dienone is 1. The van der Waals surface area contributed by atoms with Gasteiger partial charge in [0.1, 0.15) is 6.10 Å². The lowest BCUT2D eigenvalue weighted by atomic mass is 9.80. The van der Waals surface area contributed by atoms with Crippen LogP contribution in [0.3, 0.4) is 0 Å². The Kier molecular flexibility index (Phi) is 5.13. The zero-order valence-electron chi connectivity index (χ0n) is 13.8. The van der Waals surface area contributed by atoms with E-state index in [4.69, 9.17) is 4.74 Å². The molecular formula is C18H30O3. The largest absolute Gasteiger partial charge is 0.462 e. The highest BCUT2D eigenvalue weighted by Gasteiger charge is 2.47. The minimum Gasteiger partial charge on any atom is -0.462 e. The van der Waals surface area contributed by atoms with Crippen molar-refractivity contribution in [1.82, 2.24) is 0 Å². The van der Waals surface area contributed by atoms with Crippen LogP contribution in [0.5, 0.6) is 0 Å². The van der Waals surface area contributed by atoms with Crippen molar-refractivity contribution in [3.05, 3.63) is 12.2 Å². The number of hydrogen-bond acceptors (Lipinski definition) is 3. The molecule has 1 aliphatic heterocycles. The van der Waals surface area contributed by atoms with Gasteiger partial charge in [0.25, 0.3) is 0 Å². The van der Waals surface area contributed by atoms with Crippen molar-refractivity contribution in [1.29, 1.82) is 0 Å². The SMILES string of the molecule is CCCCC(C)(C)C(O)/C=C/[C@@H]1[C@H]2CC(=O)O[C@H]2C[C@H]1C. The predicted molar refractivity (Wildman–Crippen MR) is 83.7 cm³/mol. The lowest BCUT2D eigenvalue weighted by Gasteiger charge is -2.29. The Morgan fingerprint density at radius 1 is 1.48 bits per heavy atom. The molecule has 1 unspecified atom stereocenters. The lowest BCUT2D eigenvalue weighted by Crippen LogP contribution is -2.28. The van der Waals surface area contributed by atoms with E-state index in [1.165, 1.54) is 0 Å². The smallest absolute Gasteiger partial charge is 0.306 e. The fourth-order valence-corrected chi connectivity index (χ4v) is 3.79. The lowest BCUT2D eigenvalue weighted by molar-refractivity contribution is -0.141. The molecule has 120 valence electrons. The summed E-state index contributed by atoms with van der Waals surface area (Å²) in [5, 5.41) is 10.5. The molecule has 1 heterocycles. The van der Waals surface area contributed by atoms with E-state index in [1.807, 2.05) is 6.08 Å². The molecule has 0 radical (unpaired) electrons. The van der Waals surface area contributed by atoms with E-state index < -0.39 is 6.10 Å². The molecule has 0 bridgehead atoms. The maximum absolute atomic E-state index is 11.4. The van der Waals surface area contributed by atoms with Crippen LogP contribution in [0.15, 0.2) is 12.2 Å². The van der Waals surface area contributed by atoms with Gasteiger partial charge in [-0.05, 0) is 30.1 Å². The second-order valence-electron chi connectivity index (χ2n) is 7.61. The highest BCUT2D eigenvalue weighted by Crippen LogP contribution is 2.45. The summed E-state index contributed by atoms with van der Waals surface area (Å²) in [7, 11) is 0. The van der Waals surface area contributed by atoms with Gasteiger partial charge in [-0.15, -0.1) is 0 Å².